The van der Waals surface area contributed by atoms with Gasteiger partial charge in [-0.05, 0) is 6.07 Å². The molecule has 0 aliphatic carbocycles. The summed E-state index contributed by atoms with van der Waals surface area (Å²) in [5, 5.41) is 28.1. The van der Waals surface area contributed by atoms with Crippen molar-refractivity contribution in [2.24, 2.45) is 5.92 Å². The largest absolute Gasteiger partial charge is 0.396 e. The Kier molecular flexibility index (Phi) is 3.62. The Morgan fingerprint density at radius 1 is 1.44 bits per heavy atom. The Labute approximate surface area is 102 Å². The minimum atomic E-state index is -1.05. The molecule has 8 heteroatoms. The van der Waals surface area contributed by atoms with Crippen molar-refractivity contribution >= 4 is 5.82 Å². The molecule has 8 nitrogen and oxygen atoms in total. The molecule has 1 aliphatic heterocycles. The van der Waals surface area contributed by atoms with Gasteiger partial charge < -0.3 is 25.8 Å². The quantitative estimate of drug-likeness (QED) is 0.478. The maximum Gasteiger partial charge on any atom is 0.351 e. The molecular formula is C10H15N3O5. The summed E-state index contributed by atoms with van der Waals surface area (Å²) in [5.74, 6) is -0.626. The number of nitrogens with zero attached hydrogens (tertiary/aromatic N) is 2. The summed E-state index contributed by atoms with van der Waals surface area (Å²) in [7, 11) is 0. The third kappa shape index (κ3) is 2.10. The van der Waals surface area contributed by atoms with Crippen molar-refractivity contribution in [2.45, 2.75) is 18.4 Å². The van der Waals surface area contributed by atoms with E-state index >= 15 is 0 Å². The highest BCUT2D eigenvalue weighted by Crippen LogP contribution is 2.33. The van der Waals surface area contributed by atoms with E-state index in [0.717, 1.165) is 4.57 Å². The Morgan fingerprint density at radius 3 is 2.72 bits per heavy atom. The average Bonchev–Trinajstić information content (AvgIpc) is 2.65. The highest BCUT2D eigenvalue weighted by molar-refractivity contribution is 5.23. The maximum atomic E-state index is 11.7. The van der Waals surface area contributed by atoms with Crippen molar-refractivity contribution in [1.82, 2.24) is 9.55 Å². The first kappa shape index (κ1) is 13.0. The number of ether oxygens (including phenoxy) is 1. The molecule has 1 aromatic heterocycles. The first-order valence-electron chi connectivity index (χ1n) is 5.48. The smallest absolute Gasteiger partial charge is 0.351 e. The number of rotatable bonds is 3. The van der Waals surface area contributed by atoms with Gasteiger partial charge in [0.25, 0.3) is 0 Å². The van der Waals surface area contributed by atoms with Crippen molar-refractivity contribution in [3.63, 3.8) is 0 Å². The van der Waals surface area contributed by atoms with Crippen molar-refractivity contribution in [3.8, 4) is 0 Å². The molecule has 4 atom stereocenters. The van der Waals surface area contributed by atoms with E-state index in [-0.39, 0.29) is 12.4 Å². The topological polar surface area (TPSA) is 131 Å². The van der Waals surface area contributed by atoms with E-state index in [1.165, 1.54) is 12.3 Å². The molecule has 0 aromatic carbocycles. The van der Waals surface area contributed by atoms with E-state index < -0.39 is 36.7 Å². The molecule has 0 saturated carbocycles. The van der Waals surface area contributed by atoms with Crippen molar-refractivity contribution in [1.29, 1.82) is 0 Å². The van der Waals surface area contributed by atoms with Gasteiger partial charge in [0.1, 0.15) is 18.1 Å². The predicted octanol–water partition coefficient (Wildman–Crippen LogP) is -2.32. The Morgan fingerprint density at radius 2 is 2.17 bits per heavy atom. The molecule has 0 amide bonds. The molecular weight excluding hydrogens is 242 g/mol. The van der Waals surface area contributed by atoms with Gasteiger partial charge in [0, 0.05) is 6.20 Å². The molecule has 1 aliphatic rings. The maximum absolute atomic E-state index is 11.7. The van der Waals surface area contributed by atoms with Crippen LogP contribution in [0, 0.1) is 5.92 Å². The van der Waals surface area contributed by atoms with E-state index in [4.69, 9.17) is 15.6 Å². The third-order valence-electron chi connectivity index (χ3n) is 3.02. The van der Waals surface area contributed by atoms with Crippen molar-refractivity contribution in [2.75, 3.05) is 18.9 Å². The standard InChI is InChI=1S/C10H15N3O5/c11-7-1-2-13(10(17)12-7)9-5(3-14)8(16)6(4-15)18-9/h1-2,5-6,8-9,14-16H,3-4H2,(H2,11,12,17)/t5-,6+,8-,9+/m0/s1. The lowest BCUT2D eigenvalue weighted by molar-refractivity contribution is -0.0495. The number of hydrogen-bond acceptors (Lipinski definition) is 7. The van der Waals surface area contributed by atoms with E-state index in [9.17, 15) is 15.0 Å². The summed E-state index contributed by atoms with van der Waals surface area (Å²) in [5.41, 5.74) is 4.74. The zero-order valence-electron chi connectivity index (χ0n) is 9.51. The van der Waals surface area contributed by atoms with Gasteiger partial charge >= 0.3 is 5.69 Å². The van der Waals surface area contributed by atoms with Crippen LogP contribution in [0.15, 0.2) is 17.1 Å². The first-order valence-corrected chi connectivity index (χ1v) is 5.48. The number of anilines is 1. The predicted molar refractivity (Wildman–Crippen MR) is 60.5 cm³/mol. The van der Waals surface area contributed by atoms with Crippen LogP contribution in [0.4, 0.5) is 5.82 Å². The number of aromatic nitrogens is 2. The van der Waals surface area contributed by atoms with Crippen LogP contribution >= 0.6 is 0 Å². The molecule has 0 radical (unpaired) electrons. The first-order chi connectivity index (χ1) is 8.58. The van der Waals surface area contributed by atoms with Crippen LogP contribution in [0.2, 0.25) is 0 Å². The highest BCUT2D eigenvalue weighted by Gasteiger charge is 2.44. The Hall–Kier alpha value is -1.48. The fourth-order valence-electron chi connectivity index (χ4n) is 2.05. The number of hydrogen-bond donors (Lipinski definition) is 4. The summed E-state index contributed by atoms with van der Waals surface area (Å²) in [6.07, 6.45) is -1.38. The van der Waals surface area contributed by atoms with Crippen molar-refractivity contribution in [3.05, 3.63) is 22.7 Å². The minimum absolute atomic E-state index is 0.0778. The lowest BCUT2D eigenvalue weighted by Gasteiger charge is -2.19. The van der Waals surface area contributed by atoms with Crippen LogP contribution in [-0.4, -0.2) is 50.3 Å². The van der Waals surface area contributed by atoms with Gasteiger partial charge in [-0.1, -0.05) is 0 Å². The zero-order chi connectivity index (χ0) is 13.3. The van der Waals surface area contributed by atoms with Gasteiger partial charge in [0.05, 0.1) is 25.2 Å². The van der Waals surface area contributed by atoms with Gasteiger partial charge in [-0.2, -0.15) is 4.98 Å². The summed E-state index contributed by atoms with van der Waals surface area (Å²) in [6.45, 7) is -0.773. The third-order valence-corrected chi connectivity index (χ3v) is 3.02. The monoisotopic (exact) mass is 257 g/mol. The fourth-order valence-corrected chi connectivity index (χ4v) is 2.05. The molecule has 1 fully saturated rings. The summed E-state index contributed by atoms with van der Waals surface area (Å²) >= 11 is 0. The van der Waals surface area contributed by atoms with Crippen LogP contribution in [0.25, 0.3) is 0 Å². The van der Waals surface area contributed by atoms with E-state index in [2.05, 4.69) is 4.98 Å². The summed E-state index contributed by atoms with van der Waals surface area (Å²) < 4.78 is 6.49. The average molecular weight is 257 g/mol. The van der Waals surface area contributed by atoms with Gasteiger partial charge in [0.15, 0.2) is 0 Å². The lowest BCUT2D eigenvalue weighted by atomic mass is 10.0. The van der Waals surface area contributed by atoms with E-state index in [1.54, 1.807) is 0 Å². The van der Waals surface area contributed by atoms with E-state index in [1.807, 2.05) is 0 Å². The van der Waals surface area contributed by atoms with Crippen LogP contribution < -0.4 is 11.4 Å². The Bertz CT molecular complexity index is 477. The SMILES string of the molecule is Nc1ccn([C@@H]2O[C@H](CO)[C@@H](O)[C@@H]2CO)c(=O)n1. The molecule has 100 valence electrons. The molecule has 0 unspecified atom stereocenters. The molecule has 5 N–H and O–H groups in total. The fraction of sp³-hybridized carbons (Fsp3) is 0.600. The van der Waals surface area contributed by atoms with Gasteiger partial charge in [-0.3, -0.25) is 4.57 Å². The van der Waals surface area contributed by atoms with Crippen LogP contribution in [0.3, 0.4) is 0 Å². The van der Waals surface area contributed by atoms with E-state index in [0.29, 0.717) is 0 Å². The molecule has 1 aromatic rings. The normalized spacial score (nSPS) is 31.7. The number of aliphatic hydroxyl groups is 3. The number of nitrogen functional groups attached to an aromatic ring is 1. The van der Waals surface area contributed by atoms with Gasteiger partial charge in [0.2, 0.25) is 0 Å². The zero-order valence-corrected chi connectivity index (χ0v) is 9.51. The number of aliphatic hydroxyl groups excluding tert-OH is 3. The van der Waals surface area contributed by atoms with Crippen LogP contribution in [0.5, 0.6) is 0 Å². The number of nitrogens with two attached hydrogens (primary N) is 1. The van der Waals surface area contributed by atoms with Crippen LogP contribution in [0.1, 0.15) is 6.23 Å². The minimum Gasteiger partial charge on any atom is -0.396 e. The van der Waals surface area contributed by atoms with Crippen molar-refractivity contribution < 1.29 is 20.1 Å². The second-order valence-electron chi connectivity index (χ2n) is 4.13. The molecule has 1 saturated heterocycles. The Balaban J connectivity index is 2.35. The molecule has 0 bridgehead atoms. The summed E-state index contributed by atoms with van der Waals surface area (Å²) in [6, 6.07) is 1.41. The van der Waals surface area contributed by atoms with Crippen LogP contribution in [-0.2, 0) is 4.74 Å². The summed E-state index contributed by atoms with van der Waals surface area (Å²) in [4.78, 5) is 15.2. The second kappa shape index (κ2) is 5.02. The highest BCUT2D eigenvalue weighted by atomic mass is 16.5. The molecule has 2 heterocycles. The second-order valence-corrected chi connectivity index (χ2v) is 4.13. The molecule has 2 rings (SSSR count). The molecule has 18 heavy (non-hydrogen) atoms. The van der Waals surface area contributed by atoms with Gasteiger partial charge in [-0.25, -0.2) is 4.79 Å². The van der Waals surface area contributed by atoms with Gasteiger partial charge in [-0.15, -0.1) is 0 Å². The lowest BCUT2D eigenvalue weighted by Crippen LogP contribution is -2.34. The molecule has 0 spiro atoms.